The van der Waals surface area contributed by atoms with Crippen molar-refractivity contribution >= 4 is 5.97 Å². The minimum absolute atomic E-state index is 0.146. The lowest BCUT2D eigenvalue weighted by Gasteiger charge is -2.01. The molecule has 72 valence electrons. The zero-order valence-corrected chi connectivity index (χ0v) is 7.46. The van der Waals surface area contributed by atoms with Crippen LogP contribution >= 0.6 is 0 Å². The van der Waals surface area contributed by atoms with Crippen LogP contribution in [0.2, 0.25) is 0 Å². The van der Waals surface area contributed by atoms with Crippen LogP contribution in [0.25, 0.3) is 0 Å². The highest BCUT2D eigenvalue weighted by Gasteiger charge is 2.88. The molecular weight excluding hydrogens is 183 g/mol. The molecule has 1 N–H and O–H groups in total. The van der Waals surface area contributed by atoms with Crippen LogP contribution in [0.4, 0.5) is 4.39 Å². The van der Waals surface area contributed by atoms with Crippen molar-refractivity contribution in [3.05, 3.63) is 35.6 Å². The van der Waals surface area contributed by atoms with E-state index in [1.54, 1.807) is 12.1 Å². The predicted octanol–water partition coefficient (Wildman–Crippen LogP) is 1.94. The first kappa shape index (κ1) is 7.97. The monoisotopic (exact) mass is 192 g/mol. The third-order valence-corrected chi connectivity index (χ3v) is 3.68. The molecule has 0 saturated heterocycles. The van der Waals surface area contributed by atoms with Crippen molar-refractivity contribution in [1.29, 1.82) is 0 Å². The first-order valence-corrected chi connectivity index (χ1v) is 4.60. The lowest BCUT2D eigenvalue weighted by molar-refractivity contribution is -0.140. The minimum Gasteiger partial charge on any atom is -0.481 e. The largest absolute Gasteiger partial charge is 0.481 e. The van der Waals surface area contributed by atoms with Gasteiger partial charge in [0.15, 0.2) is 0 Å². The van der Waals surface area contributed by atoms with Gasteiger partial charge in [0.2, 0.25) is 0 Å². The normalized spacial score (nSPS) is 37.5. The maximum atomic E-state index is 12.6. The van der Waals surface area contributed by atoms with Gasteiger partial charge >= 0.3 is 5.97 Å². The van der Waals surface area contributed by atoms with Gasteiger partial charge in [0, 0.05) is 5.41 Å². The molecule has 3 heteroatoms. The third-order valence-electron chi connectivity index (χ3n) is 3.68. The average Bonchev–Trinajstić information content (AvgIpc) is 2.90. The summed E-state index contributed by atoms with van der Waals surface area (Å²) in [6.07, 6.45) is 1.45. The number of fused-ring (bicyclic) bond motifs is 1. The third kappa shape index (κ3) is 0.694. The first-order valence-electron chi connectivity index (χ1n) is 4.60. The molecule has 2 aliphatic rings. The Hall–Kier alpha value is -1.38. The Morgan fingerprint density at radius 2 is 1.86 bits per heavy atom. The Labute approximate surface area is 80.4 Å². The van der Waals surface area contributed by atoms with E-state index in [1.807, 2.05) is 0 Å². The molecule has 1 aromatic carbocycles. The summed E-state index contributed by atoms with van der Waals surface area (Å²) >= 11 is 0. The van der Waals surface area contributed by atoms with Crippen molar-refractivity contribution in [2.24, 2.45) is 5.41 Å². The van der Waals surface area contributed by atoms with Crippen molar-refractivity contribution in [1.82, 2.24) is 0 Å². The number of hydrogen-bond donors (Lipinski definition) is 1. The number of carbonyl (C=O) groups is 1. The summed E-state index contributed by atoms with van der Waals surface area (Å²) in [5, 5.41) is 8.96. The highest BCUT2D eigenvalue weighted by molar-refractivity contribution is 5.89. The minimum atomic E-state index is -0.707. The van der Waals surface area contributed by atoms with E-state index in [4.69, 9.17) is 5.11 Å². The van der Waals surface area contributed by atoms with Gasteiger partial charge in [-0.25, -0.2) is 4.39 Å². The zero-order chi connectivity index (χ0) is 9.97. The van der Waals surface area contributed by atoms with Crippen molar-refractivity contribution in [2.75, 3.05) is 0 Å². The van der Waals surface area contributed by atoms with E-state index >= 15 is 0 Å². The fourth-order valence-electron chi connectivity index (χ4n) is 2.50. The smallest absolute Gasteiger partial charge is 0.310 e. The molecule has 0 atom stereocenters. The molecule has 2 aliphatic carbocycles. The summed E-state index contributed by atoms with van der Waals surface area (Å²) in [6.45, 7) is 0. The van der Waals surface area contributed by atoms with Crippen LogP contribution in [0.5, 0.6) is 0 Å². The molecule has 2 saturated carbocycles. The maximum Gasteiger partial charge on any atom is 0.310 e. The van der Waals surface area contributed by atoms with Crippen LogP contribution in [-0.2, 0) is 10.2 Å². The van der Waals surface area contributed by atoms with Gasteiger partial charge in [0.05, 0.1) is 5.41 Å². The quantitative estimate of drug-likeness (QED) is 0.777. The van der Waals surface area contributed by atoms with E-state index in [-0.39, 0.29) is 11.2 Å². The molecule has 0 aromatic heterocycles. The van der Waals surface area contributed by atoms with Crippen molar-refractivity contribution < 1.29 is 14.3 Å². The highest BCUT2D eigenvalue weighted by Crippen LogP contribution is 2.85. The van der Waals surface area contributed by atoms with Crippen LogP contribution in [0, 0.1) is 11.2 Å². The average molecular weight is 192 g/mol. The Bertz CT molecular complexity index is 415. The Morgan fingerprint density at radius 1 is 1.29 bits per heavy atom. The molecule has 0 bridgehead atoms. The summed E-state index contributed by atoms with van der Waals surface area (Å²) in [7, 11) is 0. The molecule has 1 aromatic rings. The number of carboxylic acid groups (broad SMARTS) is 1. The lowest BCUT2D eigenvalue weighted by Crippen LogP contribution is -2.03. The second-order valence-electron chi connectivity index (χ2n) is 4.33. The molecule has 2 fully saturated rings. The molecule has 14 heavy (non-hydrogen) atoms. The maximum absolute atomic E-state index is 12.6. The van der Waals surface area contributed by atoms with Crippen molar-refractivity contribution in [2.45, 2.75) is 18.3 Å². The van der Waals surface area contributed by atoms with Crippen LogP contribution in [0.3, 0.4) is 0 Å². The molecule has 0 spiro atoms. The van der Waals surface area contributed by atoms with Crippen LogP contribution in [-0.4, -0.2) is 11.1 Å². The van der Waals surface area contributed by atoms with E-state index in [0.29, 0.717) is 0 Å². The second-order valence-corrected chi connectivity index (χ2v) is 4.33. The van der Waals surface area contributed by atoms with Gasteiger partial charge in [-0.2, -0.15) is 0 Å². The van der Waals surface area contributed by atoms with Gasteiger partial charge < -0.3 is 5.11 Å². The summed E-state index contributed by atoms with van der Waals surface area (Å²) in [6, 6.07) is 6.20. The second kappa shape index (κ2) is 2.00. The van der Waals surface area contributed by atoms with E-state index in [1.165, 1.54) is 12.1 Å². The summed E-state index contributed by atoms with van der Waals surface area (Å²) in [5.41, 5.74) is 0.332. The molecule has 0 radical (unpaired) electrons. The SMILES string of the molecule is O=C(O)C12CC1(c1ccc(F)cc1)C2. The number of halogens is 1. The van der Waals surface area contributed by atoms with Gasteiger partial charge in [-0.15, -0.1) is 0 Å². The first-order chi connectivity index (χ1) is 6.61. The van der Waals surface area contributed by atoms with Gasteiger partial charge in [0.25, 0.3) is 0 Å². The van der Waals surface area contributed by atoms with E-state index in [0.717, 1.165) is 18.4 Å². The molecule has 0 unspecified atom stereocenters. The lowest BCUT2D eigenvalue weighted by atomic mass is 10.0. The number of aliphatic carboxylic acids is 1. The molecule has 2 nitrogen and oxygen atoms in total. The van der Waals surface area contributed by atoms with Crippen molar-refractivity contribution in [3.63, 3.8) is 0 Å². The van der Waals surface area contributed by atoms with Gasteiger partial charge in [-0.1, -0.05) is 12.1 Å². The molecule has 3 rings (SSSR count). The number of benzene rings is 1. The van der Waals surface area contributed by atoms with Crippen LogP contribution in [0.1, 0.15) is 18.4 Å². The molecule has 0 amide bonds. The summed E-state index contributed by atoms with van der Waals surface area (Å²) in [5.74, 6) is -0.978. The molecule has 0 heterocycles. The highest BCUT2D eigenvalue weighted by atomic mass is 19.1. The number of carboxylic acids is 1. The Morgan fingerprint density at radius 3 is 2.29 bits per heavy atom. The van der Waals surface area contributed by atoms with Crippen LogP contribution < -0.4 is 0 Å². The fraction of sp³-hybridized carbons (Fsp3) is 0.364. The molecule has 0 aliphatic heterocycles. The number of hydrogen-bond acceptors (Lipinski definition) is 1. The summed E-state index contributed by atoms with van der Waals surface area (Å²) < 4.78 is 12.6. The topological polar surface area (TPSA) is 37.3 Å². The predicted molar refractivity (Wildman–Crippen MR) is 47.4 cm³/mol. The standard InChI is InChI=1S/C11H9FO2/c12-8-3-1-7(2-4-8)10-5-11(10,6-10)9(13)14/h1-4H,5-6H2,(H,13,14). The summed E-state index contributed by atoms with van der Waals surface area (Å²) in [4.78, 5) is 10.9. The Kier molecular flexibility index (Phi) is 1.14. The Balaban J connectivity index is 1.95. The van der Waals surface area contributed by atoms with E-state index in [9.17, 15) is 9.18 Å². The van der Waals surface area contributed by atoms with Gasteiger partial charge in [-0.3, -0.25) is 4.79 Å². The van der Waals surface area contributed by atoms with Gasteiger partial charge in [-0.05, 0) is 30.5 Å². The van der Waals surface area contributed by atoms with Gasteiger partial charge in [0.1, 0.15) is 5.82 Å². The van der Waals surface area contributed by atoms with Crippen LogP contribution in [0.15, 0.2) is 24.3 Å². The number of rotatable bonds is 2. The zero-order valence-electron chi connectivity index (χ0n) is 7.46. The fourth-order valence-corrected chi connectivity index (χ4v) is 2.50. The van der Waals surface area contributed by atoms with Crippen molar-refractivity contribution in [3.8, 4) is 0 Å². The van der Waals surface area contributed by atoms with E-state index in [2.05, 4.69) is 0 Å². The van der Waals surface area contributed by atoms with E-state index < -0.39 is 11.4 Å². The molecular formula is C11H9FO2.